The van der Waals surface area contributed by atoms with Gasteiger partial charge in [0.05, 0.1) is 12.7 Å². The monoisotopic (exact) mass is 738 g/mol. The molecule has 1 aromatic heterocycles. The molecule has 1 aliphatic carbocycles. The number of likely N-dealkylation sites (tertiary alicyclic amines) is 1. The van der Waals surface area contributed by atoms with Gasteiger partial charge in [-0.2, -0.15) is 0 Å². The molecule has 5 atom stereocenters. The Bertz CT molecular complexity index is 1920. The second-order valence-electron chi connectivity index (χ2n) is 15.2. The molecule has 51 heavy (non-hydrogen) atoms. The number of amides is 4. The summed E-state index contributed by atoms with van der Waals surface area (Å²) in [5.74, 6) is -2.62. The van der Waals surface area contributed by atoms with E-state index in [-0.39, 0.29) is 30.2 Å². The van der Waals surface area contributed by atoms with Crippen LogP contribution in [0.4, 0.5) is 4.79 Å². The van der Waals surface area contributed by atoms with Crippen LogP contribution in [0.15, 0.2) is 76.8 Å². The molecule has 3 aromatic rings. The van der Waals surface area contributed by atoms with Gasteiger partial charge in [-0.1, -0.05) is 69.3 Å². The molecule has 12 nitrogen and oxygen atoms in total. The van der Waals surface area contributed by atoms with Gasteiger partial charge < -0.3 is 25.0 Å². The predicted octanol–water partition coefficient (Wildman–Crippen LogP) is 4.89. The normalized spacial score (nSPS) is 22.5. The average molecular weight is 739 g/mol. The highest BCUT2D eigenvalue weighted by Crippen LogP contribution is 2.45. The van der Waals surface area contributed by atoms with E-state index in [0.717, 1.165) is 27.7 Å². The number of hydrogen-bond acceptors (Lipinski definition) is 9. The number of carbonyl (C=O) groups is 4. The summed E-state index contributed by atoms with van der Waals surface area (Å²) in [5.41, 5.74) is -2.28. The third kappa shape index (κ3) is 8.79. The first-order chi connectivity index (χ1) is 23.8. The molecule has 2 aromatic carbocycles. The molecule has 3 N–H and O–H groups in total. The van der Waals surface area contributed by atoms with Gasteiger partial charge in [-0.05, 0) is 66.5 Å². The van der Waals surface area contributed by atoms with Gasteiger partial charge in [0.2, 0.25) is 11.8 Å². The second kappa shape index (κ2) is 14.4. The van der Waals surface area contributed by atoms with Crippen molar-refractivity contribution in [1.82, 2.24) is 20.3 Å². The number of nitrogens with zero attached hydrogens (tertiary/aromatic N) is 1. The molecule has 0 bridgehead atoms. The standard InChI is InChI=1S/C37H46N4O8S2/c1-8-26-20-37(26,33(44)40-51(46,47)29-14-11-17-50-29)39-31(42)28-19-27(48-22-23-15-16-24-12-9-10-13-25(24)18-23)21-41(28)32(43)30(35(2,3)4)38-34(45)49-36(5,6)7/h8-18,26-28,30H,1,19-22H2,2-7H3,(H,38,45)(H,39,42)(H,40,44)/t26-,27-,28+,30-,37+/m1/s1. The number of thiophene rings is 1. The van der Waals surface area contributed by atoms with Crippen molar-refractivity contribution in [3.8, 4) is 0 Å². The molecule has 4 amide bonds. The van der Waals surface area contributed by atoms with E-state index >= 15 is 0 Å². The van der Waals surface area contributed by atoms with E-state index in [0.29, 0.717) is 0 Å². The van der Waals surface area contributed by atoms with Crippen LogP contribution in [0, 0.1) is 11.3 Å². The molecule has 5 rings (SSSR count). The molecule has 2 heterocycles. The molecule has 2 aliphatic rings. The summed E-state index contributed by atoms with van der Waals surface area (Å²) in [5, 5.41) is 9.19. The lowest BCUT2D eigenvalue weighted by molar-refractivity contribution is -0.143. The van der Waals surface area contributed by atoms with Crippen LogP contribution >= 0.6 is 11.3 Å². The Kier molecular flexibility index (Phi) is 10.7. The molecule has 0 radical (unpaired) electrons. The first-order valence-electron chi connectivity index (χ1n) is 16.8. The van der Waals surface area contributed by atoms with Crippen molar-refractivity contribution in [2.45, 2.75) is 94.5 Å². The van der Waals surface area contributed by atoms with Gasteiger partial charge in [0.1, 0.15) is 27.4 Å². The predicted molar refractivity (Wildman–Crippen MR) is 194 cm³/mol. The Morgan fingerprint density at radius 2 is 1.75 bits per heavy atom. The second-order valence-corrected chi connectivity index (χ2v) is 18.0. The summed E-state index contributed by atoms with van der Waals surface area (Å²) in [6, 6.07) is 14.7. The number of nitrogens with one attached hydrogen (secondary N) is 3. The smallest absolute Gasteiger partial charge is 0.408 e. The molecule has 0 spiro atoms. The van der Waals surface area contributed by atoms with Crippen molar-refractivity contribution >= 4 is 55.9 Å². The minimum atomic E-state index is -4.18. The molecule has 1 aliphatic heterocycles. The van der Waals surface area contributed by atoms with Crippen LogP contribution in [0.25, 0.3) is 10.8 Å². The van der Waals surface area contributed by atoms with E-state index in [1.807, 2.05) is 42.5 Å². The van der Waals surface area contributed by atoms with Crippen LogP contribution < -0.4 is 15.4 Å². The molecular formula is C37H46N4O8S2. The lowest BCUT2D eigenvalue weighted by Crippen LogP contribution is -2.60. The molecule has 1 saturated carbocycles. The van der Waals surface area contributed by atoms with Gasteiger partial charge in [-0.3, -0.25) is 14.4 Å². The quantitative estimate of drug-likeness (QED) is 0.235. The Morgan fingerprint density at radius 1 is 1.04 bits per heavy atom. The van der Waals surface area contributed by atoms with E-state index in [4.69, 9.17) is 9.47 Å². The molecule has 274 valence electrons. The maximum Gasteiger partial charge on any atom is 0.408 e. The highest BCUT2D eigenvalue weighted by Gasteiger charge is 2.61. The highest BCUT2D eigenvalue weighted by atomic mass is 32.2. The average Bonchev–Trinajstić information content (AvgIpc) is 3.36. The van der Waals surface area contributed by atoms with E-state index in [9.17, 15) is 27.6 Å². The van der Waals surface area contributed by atoms with E-state index in [1.165, 1.54) is 17.0 Å². The van der Waals surface area contributed by atoms with Gasteiger partial charge in [0.25, 0.3) is 15.9 Å². The zero-order chi connectivity index (χ0) is 37.4. The van der Waals surface area contributed by atoms with Crippen molar-refractivity contribution in [3.05, 3.63) is 78.2 Å². The van der Waals surface area contributed by atoms with Crippen LogP contribution in [-0.4, -0.2) is 73.0 Å². The summed E-state index contributed by atoms with van der Waals surface area (Å²) < 4.78 is 39.7. The van der Waals surface area contributed by atoms with Crippen molar-refractivity contribution < 1.29 is 37.1 Å². The zero-order valence-electron chi connectivity index (χ0n) is 29.7. The van der Waals surface area contributed by atoms with Crippen LogP contribution in [0.2, 0.25) is 0 Å². The van der Waals surface area contributed by atoms with Gasteiger partial charge in [0.15, 0.2) is 0 Å². The lowest BCUT2D eigenvalue weighted by atomic mass is 9.85. The number of carbonyl (C=O) groups excluding carboxylic acids is 4. The molecule has 2 fully saturated rings. The van der Waals surface area contributed by atoms with Gasteiger partial charge in [-0.25, -0.2) is 17.9 Å². The number of ether oxygens (including phenoxy) is 2. The van der Waals surface area contributed by atoms with Crippen molar-refractivity contribution in [3.63, 3.8) is 0 Å². The topological polar surface area (TPSA) is 160 Å². The molecule has 1 saturated heterocycles. The highest BCUT2D eigenvalue weighted by molar-refractivity contribution is 7.92. The van der Waals surface area contributed by atoms with E-state index < -0.39 is 74.5 Å². The Morgan fingerprint density at radius 3 is 2.35 bits per heavy atom. The van der Waals surface area contributed by atoms with E-state index in [2.05, 4.69) is 21.9 Å². The van der Waals surface area contributed by atoms with Crippen LogP contribution in [-0.2, 0) is 40.5 Å². The van der Waals surface area contributed by atoms with Crippen LogP contribution in [0.5, 0.6) is 0 Å². The number of alkyl carbamates (subject to hydrolysis) is 1. The maximum atomic E-state index is 14.4. The van der Waals surface area contributed by atoms with Gasteiger partial charge in [-0.15, -0.1) is 17.9 Å². The van der Waals surface area contributed by atoms with Gasteiger partial charge in [0, 0.05) is 18.9 Å². The summed E-state index contributed by atoms with van der Waals surface area (Å²) in [6.45, 7) is 14.5. The number of sulfonamides is 1. The Labute approximate surface area is 303 Å². The summed E-state index contributed by atoms with van der Waals surface area (Å²) >= 11 is 0.955. The molecule has 14 heteroatoms. The Balaban J connectivity index is 1.39. The fraction of sp³-hybridized carbons (Fsp3) is 0.459. The molecular weight excluding hydrogens is 693 g/mol. The third-order valence-electron chi connectivity index (χ3n) is 8.96. The van der Waals surface area contributed by atoms with Crippen molar-refractivity contribution in [1.29, 1.82) is 0 Å². The number of fused-ring (bicyclic) bond motifs is 1. The largest absolute Gasteiger partial charge is 0.444 e. The lowest BCUT2D eigenvalue weighted by Gasteiger charge is -2.36. The Hall–Kier alpha value is -4.27. The number of rotatable bonds is 11. The van der Waals surface area contributed by atoms with E-state index in [1.54, 1.807) is 53.0 Å². The minimum Gasteiger partial charge on any atom is -0.444 e. The number of hydrogen-bond donors (Lipinski definition) is 3. The number of benzene rings is 2. The van der Waals surface area contributed by atoms with Crippen molar-refractivity contribution in [2.75, 3.05) is 6.54 Å². The summed E-state index contributed by atoms with van der Waals surface area (Å²) in [4.78, 5) is 56.4. The summed E-state index contributed by atoms with van der Waals surface area (Å²) in [6.07, 6.45) is 0.358. The third-order valence-corrected chi connectivity index (χ3v) is 11.7. The first-order valence-corrected chi connectivity index (χ1v) is 19.1. The fourth-order valence-electron chi connectivity index (χ4n) is 6.21. The van der Waals surface area contributed by atoms with Crippen LogP contribution in [0.1, 0.15) is 59.9 Å². The first kappa shape index (κ1) is 38.0. The van der Waals surface area contributed by atoms with Gasteiger partial charge >= 0.3 is 6.09 Å². The summed E-state index contributed by atoms with van der Waals surface area (Å²) in [7, 11) is -4.18. The SMILES string of the molecule is C=C[C@@H]1C[C@@]1(NC(=O)[C@@H]1C[C@@H](OCc2ccc3ccccc3c2)CN1C(=O)[C@@H](NC(=O)OC(C)(C)C)C(C)(C)C)C(=O)NS(=O)(=O)c1cccs1. The zero-order valence-corrected chi connectivity index (χ0v) is 31.4. The fourth-order valence-corrected chi connectivity index (χ4v) is 8.24. The minimum absolute atomic E-state index is 0.0317. The molecule has 0 unspecified atom stereocenters. The maximum absolute atomic E-state index is 14.4. The van der Waals surface area contributed by atoms with Crippen LogP contribution in [0.3, 0.4) is 0 Å². The van der Waals surface area contributed by atoms with Crippen molar-refractivity contribution in [2.24, 2.45) is 11.3 Å².